The first-order valence-corrected chi connectivity index (χ1v) is 7.67. The van der Waals surface area contributed by atoms with Crippen LogP contribution in [-0.2, 0) is 11.2 Å². The minimum Gasteiger partial charge on any atom is -0.481 e. The van der Waals surface area contributed by atoms with Crippen molar-refractivity contribution in [3.05, 3.63) is 63.7 Å². The van der Waals surface area contributed by atoms with Gasteiger partial charge in [-0.05, 0) is 41.7 Å². The fourth-order valence-corrected chi connectivity index (χ4v) is 3.10. The number of Topliss-reactive ketones (excluding diaryl/α,β-unsaturated/α-hetero) is 1. The van der Waals surface area contributed by atoms with Crippen molar-refractivity contribution in [2.45, 2.75) is 24.9 Å². The van der Waals surface area contributed by atoms with Crippen molar-refractivity contribution in [2.24, 2.45) is 0 Å². The molecule has 1 aliphatic rings. The van der Waals surface area contributed by atoms with Gasteiger partial charge in [-0.25, -0.2) is 0 Å². The van der Waals surface area contributed by atoms with Crippen LogP contribution in [0, 0.1) is 10.1 Å². The molecule has 128 valence electrons. The van der Waals surface area contributed by atoms with Crippen LogP contribution in [0.25, 0.3) is 11.1 Å². The number of aliphatic carboxylic acids is 1. The molecule has 0 heterocycles. The molecule has 0 radical (unpaired) electrons. The highest BCUT2D eigenvalue weighted by Gasteiger charge is 2.42. The SMILES string of the molecule is O=C(O)CC1(O)CCc2cc(-c3ccc([N+](=O)[O-])cc3)ccc2C1=O. The third-order valence-electron chi connectivity index (χ3n) is 4.44. The Morgan fingerprint density at radius 2 is 1.80 bits per heavy atom. The van der Waals surface area contributed by atoms with E-state index in [1.165, 1.54) is 12.1 Å². The zero-order chi connectivity index (χ0) is 18.2. The minimum absolute atomic E-state index is 0.00405. The number of carbonyl (C=O) groups is 2. The number of carboxylic acid groups (broad SMARTS) is 1. The molecule has 0 saturated heterocycles. The summed E-state index contributed by atoms with van der Waals surface area (Å²) in [5.74, 6) is -1.80. The van der Waals surface area contributed by atoms with E-state index in [0.717, 1.165) is 16.7 Å². The Balaban J connectivity index is 1.93. The van der Waals surface area contributed by atoms with Crippen LogP contribution in [-0.4, -0.2) is 32.5 Å². The quantitative estimate of drug-likeness (QED) is 0.652. The smallest absolute Gasteiger partial charge is 0.306 e. The predicted molar refractivity (Wildman–Crippen MR) is 88.4 cm³/mol. The molecule has 3 rings (SSSR count). The number of nitro benzene ring substituents is 1. The van der Waals surface area contributed by atoms with E-state index in [1.54, 1.807) is 30.3 Å². The maximum Gasteiger partial charge on any atom is 0.306 e. The number of nitrogens with zero attached hydrogens (tertiary/aromatic N) is 1. The van der Waals surface area contributed by atoms with Crippen LogP contribution in [0.15, 0.2) is 42.5 Å². The van der Waals surface area contributed by atoms with Gasteiger partial charge >= 0.3 is 5.97 Å². The summed E-state index contributed by atoms with van der Waals surface area (Å²) in [5, 5.41) is 29.9. The Bertz CT molecular complexity index is 874. The summed E-state index contributed by atoms with van der Waals surface area (Å²) in [6.45, 7) is 0. The largest absolute Gasteiger partial charge is 0.481 e. The second-order valence-electron chi connectivity index (χ2n) is 6.11. The lowest BCUT2D eigenvalue weighted by molar-refractivity contribution is -0.384. The van der Waals surface area contributed by atoms with Gasteiger partial charge in [-0.3, -0.25) is 19.7 Å². The molecule has 0 amide bonds. The molecule has 2 aromatic carbocycles. The number of hydrogen-bond acceptors (Lipinski definition) is 5. The highest BCUT2D eigenvalue weighted by Crippen LogP contribution is 2.34. The molecule has 25 heavy (non-hydrogen) atoms. The Morgan fingerprint density at radius 1 is 1.16 bits per heavy atom. The summed E-state index contributed by atoms with van der Waals surface area (Å²) in [6.07, 6.45) is -0.185. The van der Waals surface area contributed by atoms with Crippen molar-refractivity contribution in [1.82, 2.24) is 0 Å². The normalized spacial score (nSPS) is 19.3. The van der Waals surface area contributed by atoms with Gasteiger partial charge in [-0.15, -0.1) is 0 Å². The Morgan fingerprint density at radius 3 is 2.40 bits per heavy atom. The zero-order valence-electron chi connectivity index (χ0n) is 13.1. The monoisotopic (exact) mass is 341 g/mol. The average molecular weight is 341 g/mol. The molecule has 1 aliphatic carbocycles. The van der Waals surface area contributed by atoms with Crippen molar-refractivity contribution in [2.75, 3.05) is 0 Å². The minimum atomic E-state index is -1.87. The fourth-order valence-electron chi connectivity index (χ4n) is 3.10. The van der Waals surface area contributed by atoms with Gasteiger partial charge in [-0.1, -0.05) is 18.2 Å². The number of benzene rings is 2. The van der Waals surface area contributed by atoms with Gasteiger partial charge in [0.2, 0.25) is 0 Å². The summed E-state index contributed by atoms with van der Waals surface area (Å²) in [7, 11) is 0. The van der Waals surface area contributed by atoms with Gasteiger partial charge in [0.1, 0.15) is 5.60 Å². The van der Waals surface area contributed by atoms with Crippen molar-refractivity contribution < 1.29 is 24.7 Å². The van der Waals surface area contributed by atoms with E-state index in [4.69, 9.17) is 5.11 Å². The number of fused-ring (bicyclic) bond motifs is 1. The van der Waals surface area contributed by atoms with E-state index in [-0.39, 0.29) is 12.1 Å². The molecule has 1 atom stereocenters. The number of non-ortho nitro benzene ring substituents is 1. The van der Waals surface area contributed by atoms with E-state index in [2.05, 4.69) is 0 Å². The van der Waals surface area contributed by atoms with Gasteiger partial charge in [-0.2, -0.15) is 0 Å². The standard InChI is InChI=1S/C18H15NO6/c20-16(21)10-18(23)8-7-13-9-12(3-6-15(13)17(18)22)11-1-4-14(5-2-11)19(24)25/h1-6,9,23H,7-8,10H2,(H,20,21). The number of aliphatic hydroxyl groups is 1. The number of rotatable bonds is 4. The molecule has 7 nitrogen and oxygen atoms in total. The van der Waals surface area contributed by atoms with Gasteiger partial charge in [0.05, 0.1) is 11.3 Å². The van der Waals surface area contributed by atoms with Crippen LogP contribution in [0.3, 0.4) is 0 Å². The zero-order valence-corrected chi connectivity index (χ0v) is 13.1. The summed E-state index contributed by atoms with van der Waals surface area (Å²) in [4.78, 5) is 33.6. The highest BCUT2D eigenvalue weighted by molar-refractivity contribution is 6.06. The average Bonchev–Trinajstić information content (AvgIpc) is 2.58. The Kier molecular flexibility index (Phi) is 4.10. The van der Waals surface area contributed by atoms with Crippen molar-refractivity contribution in [1.29, 1.82) is 0 Å². The third kappa shape index (κ3) is 3.14. The topological polar surface area (TPSA) is 118 Å². The molecule has 2 aromatic rings. The van der Waals surface area contributed by atoms with Crippen molar-refractivity contribution in [3.8, 4) is 11.1 Å². The summed E-state index contributed by atoms with van der Waals surface area (Å²) in [6, 6.07) is 11.1. The summed E-state index contributed by atoms with van der Waals surface area (Å²) >= 11 is 0. The predicted octanol–water partition coefficient (Wildman–Crippen LogP) is 2.60. The maximum absolute atomic E-state index is 12.5. The van der Waals surface area contributed by atoms with Gasteiger partial charge in [0.25, 0.3) is 5.69 Å². The highest BCUT2D eigenvalue weighted by atomic mass is 16.6. The second kappa shape index (κ2) is 6.10. The molecule has 1 unspecified atom stereocenters. The molecular weight excluding hydrogens is 326 g/mol. The second-order valence-corrected chi connectivity index (χ2v) is 6.11. The molecule has 0 spiro atoms. The van der Waals surface area contributed by atoms with Crippen LogP contribution >= 0.6 is 0 Å². The van der Waals surface area contributed by atoms with Gasteiger partial charge in [0, 0.05) is 17.7 Å². The molecular formula is C18H15NO6. The first-order valence-electron chi connectivity index (χ1n) is 7.67. The lowest BCUT2D eigenvalue weighted by atomic mass is 9.77. The van der Waals surface area contributed by atoms with Gasteiger partial charge in [0.15, 0.2) is 5.78 Å². The molecule has 0 aromatic heterocycles. The van der Waals surface area contributed by atoms with Gasteiger partial charge < -0.3 is 10.2 Å². The number of carbonyl (C=O) groups excluding carboxylic acids is 1. The van der Waals surface area contributed by atoms with Crippen molar-refractivity contribution in [3.63, 3.8) is 0 Å². The maximum atomic E-state index is 12.5. The molecule has 0 saturated carbocycles. The number of hydrogen-bond donors (Lipinski definition) is 2. The number of aryl methyl sites for hydroxylation is 1. The van der Waals surface area contributed by atoms with E-state index in [0.29, 0.717) is 12.0 Å². The van der Waals surface area contributed by atoms with E-state index < -0.39 is 28.7 Å². The van der Waals surface area contributed by atoms with E-state index >= 15 is 0 Å². The van der Waals surface area contributed by atoms with Crippen molar-refractivity contribution >= 4 is 17.4 Å². The first-order chi connectivity index (χ1) is 11.8. The van der Waals surface area contributed by atoms with Crippen LogP contribution < -0.4 is 0 Å². The van der Waals surface area contributed by atoms with Crippen LogP contribution in [0.2, 0.25) is 0 Å². The van der Waals surface area contributed by atoms with Crippen LogP contribution in [0.5, 0.6) is 0 Å². The molecule has 0 fully saturated rings. The lowest BCUT2D eigenvalue weighted by Gasteiger charge is -2.30. The molecule has 2 N–H and O–H groups in total. The third-order valence-corrected chi connectivity index (χ3v) is 4.44. The molecule has 0 bridgehead atoms. The molecule has 0 aliphatic heterocycles. The van der Waals surface area contributed by atoms with Crippen LogP contribution in [0.1, 0.15) is 28.8 Å². The summed E-state index contributed by atoms with van der Waals surface area (Å²) < 4.78 is 0. The Labute approximate surface area is 142 Å². The lowest BCUT2D eigenvalue weighted by Crippen LogP contribution is -2.44. The number of nitro groups is 1. The number of ketones is 1. The molecule has 7 heteroatoms. The first kappa shape index (κ1) is 16.8. The van der Waals surface area contributed by atoms with E-state index in [1.807, 2.05) is 0 Å². The van der Waals surface area contributed by atoms with E-state index in [9.17, 15) is 24.8 Å². The fraction of sp³-hybridized carbons (Fsp3) is 0.222. The van der Waals surface area contributed by atoms with Crippen LogP contribution in [0.4, 0.5) is 5.69 Å². The Hall–Kier alpha value is -3.06. The summed E-state index contributed by atoms with van der Waals surface area (Å²) in [5.41, 5.74) is 0.748. The number of carboxylic acids is 1.